The Morgan fingerprint density at radius 1 is 1.18 bits per heavy atom. The molecule has 2 saturated heterocycles. The van der Waals surface area contributed by atoms with Crippen molar-refractivity contribution in [2.24, 2.45) is 0 Å². The number of aromatic nitrogens is 3. The van der Waals surface area contributed by atoms with Crippen LogP contribution in [0.4, 0.5) is 33.9 Å². The van der Waals surface area contributed by atoms with Crippen molar-refractivity contribution in [1.29, 1.82) is 0 Å². The smallest absolute Gasteiger partial charge is 0.391 e. The number of nitrogens with zero attached hydrogens (tertiary/aromatic N) is 5. The highest BCUT2D eigenvalue weighted by atomic mass is 19.4. The summed E-state index contributed by atoms with van der Waals surface area (Å²) < 4.78 is 56.3. The van der Waals surface area contributed by atoms with Crippen LogP contribution in [0.2, 0.25) is 0 Å². The number of hydrogen-bond acceptors (Lipinski definition) is 5. The second-order valence-electron chi connectivity index (χ2n) is 8.51. The van der Waals surface area contributed by atoms with E-state index in [2.05, 4.69) is 15.4 Å². The maximum atomic E-state index is 13.9. The molecule has 0 radical (unpaired) electrons. The summed E-state index contributed by atoms with van der Waals surface area (Å²) >= 11 is 0. The Hall–Kier alpha value is -3.41. The van der Waals surface area contributed by atoms with Crippen molar-refractivity contribution >= 4 is 23.2 Å². The van der Waals surface area contributed by atoms with Crippen LogP contribution in [0.15, 0.2) is 36.7 Å². The predicted molar refractivity (Wildman–Crippen MR) is 115 cm³/mol. The topological polar surface area (TPSA) is 86.0 Å². The second kappa shape index (κ2) is 8.42. The van der Waals surface area contributed by atoms with E-state index in [1.54, 1.807) is 17.2 Å². The van der Waals surface area contributed by atoms with Crippen molar-refractivity contribution in [2.45, 2.75) is 37.6 Å². The normalized spacial score (nSPS) is 21.0. The molecule has 4 heterocycles. The summed E-state index contributed by atoms with van der Waals surface area (Å²) in [5.74, 6) is -0.328. The lowest BCUT2D eigenvalue weighted by molar-refractivity contribution is -0.138. The van der Waals surface area contributed by atoms with Crippen LogP contribution in [0.1, 0.15) is 36.4 Å². The third-order valence-corrected chi connectivity index (χ3v) is 6.27. The Bertz CT molecular complexity index is 1230. The summed E-state index contributed by atoms with van der Waals surface area (Å²) in [6.45, 7) is 1.10. The third-order valence-electron chi connectivity index (χ3n) is 6.27. The minimum absolute atomic E-state index is 0.124. The molecule has 1 aromatic carbocycles. The van der Waals surface area contributed by atoms with Crippen molar-refractivity contribution < 1.29 is 27.5 Å². The number of hydrogen-bond donors (Lipinski definition) is 2. The molecule has 3 aromatic rings. The van der Waals surface area contributed by atoms with Gasteiger partial charge in [-0.2, -0.15) is 18.3 Å². The SMILES string of the molecule is O=C(Nc1cnn2ccc(N3CCCC3c3cc(F)ccc3C(F)(F)F)nc12)N1CCC(O)C1. The predicted octanol–water partition coefficient (Wildman–Crippen LogP) is 3.83. The molecule has 8 nitrogen and oxygen atoms in total. The minimum Gasteiger partial charge on any atom is -0.391 e. The van der Waals surface area contributed by atoms with Gasteiger partial charge in [-0.1, -0.05) is 0 Å². The molecule has 2 amide bonds. The van der Waals surface area contributed by atoms with Crippen LogP contribution in [-0.2, 0) is 6.18 Å². The molecule has 0 spiro atoms. The molecule has 0 aliphatic carbocycles. The maximum Gasteiger partial charge on any atom is 0.416 e. The number of rotatable bonds is 3. The van der Waals surface area contributed by atoms with Gasteiger partial charge in [0.15, 0.2) is 5.65 Å². The van der Waals surface area contributed by atoms with Gasteiger partial charge in [0.25, 0.3) is 0 Å². The molecule has 0 bridgehead atoms. The van der Waals surface area contributed by atoms with Gasteiger partial charge in [-0.3, -0.25) is 0 Å². The third kappa shape index (κ3) is 4.13. The van der Waals surface area contributed by atoms with Gasteiger partial charge < -0.3 is 20.2 Å². The Morgan fingerprint density at radius 2 is 2.00 bits per heavy atom. The van der Waals surface area contributed by atoms with E-state index in [1.807, 2.05) is 0 Å². The van der Waals surface area contributed by atoms with Gasteiger partial charge in [0.2, 0.25) is 0 Å². The van der Waals surface area contributed by atoms with Gasteiger partial charge in [-0.15, -0.1) is 0 Å². The summed E-state index contributed by atoms with van der Waals surface area (Å²) in [5, 5.41) is 16.6. The molecule has 2 aliphatic rings. The van der Waals surface area contributed by atoms with Crippen LogP contribution in [0.5, 0.6) is 0 Å². The van der Waals surface area contributed by atoms with E-state index >= 15 is 0 Å². The first kappa shape index (κ1) is 22.4. The van der Waals surface area contributed by atoms with Gasteiger partial charge in [-0.05, 0) is 49.1 Å². The summed E-state index contributed by atoms with van der Waals surface area (Å²) in [4.78, 5) is 20.3. The number of amides is 2. The zero-order chi connectivity index (χ0) is 24.0. The number of likely N-dealkylation sites (tertiary alicyclic amines) is 1. The van der Waals surface area contributed by atoms with Crippen LogP contribution in [0.3, 0.4) is 0 Å². The minimum atomic E-state index is -4.61. The summed E-state index contributed by atoms with van der Waals surface area (Å²) in [6.07, 6.45) is -0.590. The number of β-amino-alcohol motifs (C(OH)–C–C–N with tert-alkyl or cyclic N) is 1. The van der Waals surface area contributed by atoms with Crippen LogP contribution >= 0.6 is 0 Å². The lowest BCUT2D eigenvalue weighted by atomic mass is 9.97. The van der Waals surface area contributed by atoms with Gasteiger partial charge >= 0.3 is 12.2 Å². The number of urea groups is 1. The Kier molecular flexibility index (Phi) is 5.54. The highest BCUT2D eigenvalue weighted by Gasteiger charge is 2.38. The fourth-order valence-electron chi connectivity index (χ4n) is 4.66. The molecule has 5 rings (SSSR count). The molecule has 2 aromatic heterocycles. The highest BCUT2D eigenvalue weighted by molar-refractivity contribution is 5.93. The van der Waals surface area contributed by atoms with Crippen LogP contribution in [0, 0.1) is 5.82 Å². The van der Waals surface area contributed by atoms with Crippen LogP contribution in [-0.4, -0.2) is 56.4 Å². The maximum absolute atomic E-state index is 13.9. The van der Waals surface area contributed by atoms with Gasteiger partial charge in [0.05, 0.1) is 23.9 Å². The lowest BCUT2D eigenvalue weighted by Crippen LogP contribution is -2.33. The highest BCUT2D eigenvalue weighted by Crippen LogP contribution is 2.42. The monoisotopic (exact) mass is 478 g/mol. The zero-order valence-electron chi connectivity index (χ0n) is 18.0. The largest absolute Gasteiger partial charge is 0.416 e. The standard InChI is InChI=1S/C22H22F4N6O2/c23-13-3-4-16(22(24,25)26)15(10-13)18-2-1-7-31(18)19-6-9-32-20(29-19)17(11-27-32)28-21(34)30-8-5-14(33)12-30/h3-4,6,9-11,14,18,33H,1-2,5,7-8,12H2,(H,28,34). The van der Waals surface area contributed by atoms with E-state index in [0.29, 0.717) is 49.5 Å². The first-order valence-electron chi connectivity index (χ1n) is 10.9. The van der Waals surface area contributed by atoms with Crippen molar-refractivity contribution in [2.75, 3.05) is 29.9 Å². The molecule has 34 heavy (non-hydrogen) atoms. The number of halogens is 4. The molecule has 2 fully saturated rings. The Labute approximate surface area is 191 Å². The fraction of sp³-hybridized carbons (Fsp3) is 0.409. The van der Waals surface area contributed by atoms with E-state index in [9.17, 15) is 27.5 Å². The number of carbonyl (C=O) groups is 1. The van der Waals surface area contributed by atoms with Crippen molar-refractivity contribution in [3.63, 3.8) is 0 Å². The first-order chi connectivity index (χ1) is 16.2. The second-order valence-corrected chi connectivity index (χ2v) is 8.51. The van der Waals surface area contributed by atoms with E-state index < -0.39 is 35.7 Å². The Morgan fingerprint density at radius 3 is 2.74 bits per heavy atom. The van der Waals surface area contributed by atoms with E-state index in [-0.39, 0.29) is 12.1 Å². The zero-order valence-corrected chi connectivity index (χ0v) is 18.0. The summed E-state index contributed by atoms with van der Waals surface area (Å²) in [5.41, 5.74) is -0.324. The number of carbonyl (C=O) groups excluding carboxylic acids is 1. The number of aliphatic hydroxyl groups excluding tert-OH is 1. The molecule has 2 unspecified atom stereocenters. The van der Waals surface area contributed by atoms with Gasteiger partial charge in [0.1, 0.15) is 17.3 Å². The molecular formula is C22H22F4N6O2. The number of benzene rings is 1. The average Bonchev–Trinajstić information content (AvgIpc) is 3.52. The van der Waals surface area contributed by atoms with Crippen LogP contribution < -0.4 is 10.2 Å². The number of anilines is 2. The lowest BCUT2D eigenvalue weighted by Gasteiger charge is -2.28. The number of alkyl halides is 3. The number of aliphatic hydroxyl groups is 1. The Balaban J connectivity index is 1.46. The van der Waals surface area contributed by atoms with Crippen LogP contribution in [0.25, 0.3) is 5.65 Å². The molecule has 180 valence electrons. The molecule has 12 heteroatoms. The summed E-state index contributed by atoms with van der Waals surface area (Å²) in [7, 11) is 0. The van der Waals surface area contributed by atoms with Gasteiger partial charge in [-0.25, -0.2) is 18.7 Å². The van der Waals surface area contributed by atoms with Gasteiger partial charge in [0, 0.05) is 25.8 Å². The molecule has 2 N–H and O–H groups in total. The molecule has 0 saturated carbocycles. The molecule has 2 aliphatic heterocycles. The van der Waals surface area contributed by atoms with Crippen molar-refractivity contribution in [1.82, 2.24) is 19.5 Å². The molecule has 2 atom stereocenters. The van der Waals surface area contributed by atoms with E-state index in [0.717, 1.165) is 18.2 Å². The quantitative estimate of drug-likeness (QED) is 0.559. The molecular weight excluding hydrogens is 456 g/mol. The first-order valence-corrected chi connectivity index (χ1v) is 10.9. The number of fused-ring (bicyclic) bond motifs is 1. The number of nitrogens with one attached hydrogen (secondary N) is 1. The summed E-state index contributed by atoms with van der Waals surface area (Å²) in [6, 6.07) is 3.07. The average molecular weight is 478 g/mol. The van der Waals surface area contributed by atoms with Crippen molar-refractivity contribution in [3.05, 3.63) is 53.6 Å². The fourth-order valence-corrected chi connectivity index (χ4v) is 4.66. The van der Waals surface area contributed by atoms with E-state index in [4.69, 9.17) is 0 Å². The van der Waals surface area contributed by atoms with Crippen molar-refractivity contribution in [3.8, 4) is 0 Å². The van der Waals surface area contributed by atoms with E-state index in [1.165, 1.54) is 15.6 Å².